The lowest BCUT2D eigenvalue weighted by Gasteiger charge is -2.13. The van der Waals surface area contributed by atoms with Gasteiger partial charge in [0.25, 0.3) is 0 Å². The first-order valence-electron chi connectivity index (χ1n) is 6.92. The van der Waals surface area contributed by atoms with E-state index in [1.165, 1.54) is 25.3 Å². The number of carbonyl (C=O) groups excluding carboxylic acids is 1. The van der Waals surface area contributed by atoms with Gasteiger partial charge in [-0.05, 0) is 30.2 Å². The molecule has 120 valence electrons. The van der Waals surface area contributed by atoms with Crippen LogP contribution in [0.2, 0.25) is 0 Å². The van der Waals surface area contributed by atoms with Crippen LogP contribution in [0.4, 0.5) is 5.69 Å². The number of aromatic carboxylic acids is 1. The molecule has 2 N–H and O–H groups in total. The predicted octanol–water partition coefficient (Wildman–Crippen LogP) is 2.84. The van der Waals surface area contributed by atoms with Crippen LogP contribution in [0.25, 0.3) is 0 Å². The van der Waals surface area contributed by atoms with E-state index in [2.05, 4.69) is 31.1 Å². The third-order valence-electron chi connectivity index (χ3n) is 2.78. The summed E-state index contributed by atoms with van der Waals surface area (Å²) in [5.41, 5.74) is 0.654. The zero-order valence-corrected chi connectivity index (χ0v) is 13.3. The van der Waals surface area contributed by atoms with Crippen molar-refractivity contribution in [2.45, 2.75) is 27.2 Å². The van der Waals surface area contributed by atoms with Crippen LogP contribution in [0.3, 0.4) is 0 Å². The van der Waals surface area contributed by atoms with Gasteiger partial charge in [0, 0.05) is 11.8 Å². The van der Waals surface area contributed by atoms with Crippen LogP contribution in [-0.4, -0.2) is 36.9 Å². The maximum absolute atomic E-state index is 11.8. The molecule has 0 heterocycles. The number of nitrogens with zero attached hydrogens (tertiary/aromatic N) is 1. The largest absolute Gasteiger partial charge is 0.496 e. The second-order valence-corrected chi connectivity index (χ2v) is 6.06. The van der Waals surface area contributed by atoms with Crippen LogP contribution in [0.5, 0.6) is 5.75 Å². The first kappa shape index (κ1) is 17.7. The van der Waals surface area contributed by atoms with Crippen LogP contribution in [0, 0.1) is 5.41 Å². The van der Waals surface area contributed by atoms with Gasteiger partial charge in [0.2, 0.25) is 5.91 Å². The summed E-state index contributed by atoms with van der Waals surface area (Å²) in [4.78, 5) is 26.8. The molecule has 0 saturated carbocycles. The molecule has 0 atom stereocenters. The van der Waals surface area contributed by atoms with Gasteiger partial charge >= 0.3 is 5.97 Å². The zero-order valence-electron chi connectivity index (χ0n) is 13.3. The standard InChI is InChI=1S/C16H22N2O4/c1-16(2,3)7-8-17-10-14(19)18-11-5-6-12(15(20)21)13(9-11)22-4/h5-6,8-9H,7,10H2,1-4H3,(H,18,19)(H,20,21). The van der Waals surface area contributed by atoms with E-state index in [4.69, 9.17) is 9.84 Å². The molecule has 1 amide bonds. The lowest BCUT2D eigenvalue weighted by Crippen LogP contribution is -2.15. The second kappa shape index (κ2) is 7.59. The average molecular weight is 306 g/mol. The average Bonchev–Trinajstić information content (AvgIpc) is 2.42. The Morgan fingerprint density at radius 3 is 2.59 bits per heavy atom. The molecule has 0 aromatic heterocycles. The van der Waals surface area contributed by atoms with E-state index in [1.54, 1.807) is 6.21 Å². The third kappa shape index (κ3) is 5.95. The van der Waals surface area contributed by atoms with Crippen LogP contribution in [-0.2, 0) is 4.79 Å². The van der Waals surface area contributed by atoms with Crippen molar-refractivity contribution in [1.82, 2.24) is 0 Å². The van der Waals surface area contributed by atoms with Crippen molar-refractivity contribution in [3.05, 3.63) is 23.8 Å². The number of carboxylic acids is 1. The monoisotopic (exact) mass is 306 g/mol. The number of carboxylic acid groups (broad SMARTS) is 1. The Labute approximate surface area is 130 Å². The summed E-state index contributed by atoms with van der Waals surface area (Å²) in [5.74, 6) is -1.15. The zero-order chi connectivity index (χ0) is 16.8. The topological polar surface area (TPSA) is 88.0 Å². The summed E-state index contributed by atoms with van der Waals surface area (Å²) in [6.45, 7) is 6.30. The quantitative estimate of drug-likeness (QED) is 0.791. The van der Waals surface area contributed by atoms with Gasteiger partial charge < -0.3 is 15.2 Å². The van der Waals surface area contributed by atoms with Crippen molar-refractivity contribution >= 4 is 23.8 Å². The van der Waals surface area contributed by atoms with E-state index in [9.17, 15) is 9.59 Å². The minimum absolute atomic E-state index is 0.0269. The Morgan fingerprint density at radius 1 is 1.36 bits per heavy atom. The second-order valence-electron chi connectivity index (χ2n) is 6.06. The molecule has 22 heavy (non-hydrogen) atoms. The maximum Gasteiger partial charge on any atom is 0.339 e. The molecule has 0 radical (unpaired) electrons. The van der Waals surface area contributed by atoms with Crippen LogP contribution in [0.15, 0.2) is 23.2 Å². The highest BCUT2D eigenvalue weighted by Gasteiger charge is 2.12. The highest BCUT2D eigenvalue weighted by atomic mass is 16.5. The molecule has 6 heteroatoms. The highest BCUT2D eigenvalue weighted by molar-refractivity contribution is 5.95. The Morgan fingerprint density at radius 2 is 2.05 bits per heavy atom. The van der Waals surface area contributed by atoms with E-state index in [0.29, 0.717) is 5.69 Å². The number of amides is 1. The fraction of sp³-hybridized carbons (Fsp3) is 0.438. The lowest BCUT2D eigenvalue weighted by molar-refractivity contribution is -0.114. The minimum atomic E-state index is -1.08. The molecule has 6 nitrogen and oxygen atoms in total. The SMILES string of the molecule is COc1cc(NC(=O)CN=CCC(C)(C)C)ccc1C(=O)O. The van der Waals surface area contributed by atoms with Crippen LogP contribution < -0.4 is 10.1 Å². The molecule has 0 spiro atoms. The normalized spacial score (nSPS) is 11.5. The van der Waals surface area contributed by atoms with Crippen molar-refractivity contribution in [2.75, 3.05) is 19.0 Å². The third-order valence-corrected chi connectivity index (χ3v) is 2.78. The molecule has 0 unspecified atom stereocenters. The molecule has 0 bridgehead atoms. The Bertz CT molecular complexity index is 574. The Kier molecular flexibility index (Phi) is 6.10. The maximum atomic E-state index is 11.8. The highest BCUT2D eigenvalue weighted by Crippen LogP contribution is 2.23. The van der Waals surface area contributed by atoms with Gasteiger partial charge in [-0.25, -0.2) is 4.79 Å². The number of carbonyl (C=O) groups is 2. The van der Waals surface area contributed by atoms with E-state index in [0.717, 1.165) is 6.42 Å². The summed E-state index contributed by atoms with van der Waals surface area (Å²) in [6.07, 6.45) is 2.54. The summed E-state index contributed by atoms with van der Waals surface area (Å²) >= 11 is 0. The number of methoxy groups -OCH3 is 1. The molecular formula is C16H22N2O4. The number of anilines is 1. The first-order valence-corrected chi connectivity index (χ1v) is 6.92. The molecule has 1 aromatic carbocycles. The van der Waals surface area contributed by atoms with Gasteiger partial charge in [0.05, 0.1) is 7.11 Å². The van der Waals surface area contributed by atoms with Gasteiger partial charge in [-0.3, -0.25) is 9.79 Å². The predicted molar refractivity (Wildman–Crippen MR) is 86.0 cm³/mol. The van der Waals surface area contributed by atoms with Gasteiger partial charge in [0.15, 0.2) is 0 Å². The smallest absolute Gasteiger partial charge is 0.339 e. The van der Waals surface area contributed by atoms with Crippen molar-refractivity contribution in [3.8, 4) is 5.75 Å². The number of ether oxygens (including phenoxy) is 1. The molecule has 0 fully saturated rings. The molecule has 1 aromatic rings. The number of rotatable bonds is 6. The summed E-state index contributed by atoms with van der Waals surface area (Å²) < 4.78 is 5.00. The van der Waals surface area contributed by atoms with Gasteiger partial charge in [0.1, 0.15) is 17.9 Å². The number of hydrogen-bond acceptors (Lipinski definition) is 4. The lowest BCUT2D eigenvalue weighted by atomic mass is 9.93. The number of hydrogen-bond donors (Lipinski definition) is 2. The van der Waals surface area contributed by atoms with E-state index in [-0.39, 0.29) is 29.2 Å². The molecule has 0 saturated heterocycles. The van der Waals surface area contributed by atoms with Crippen LogP contribution in [0.1, 0.15) is 37.6 Å². The fourth-order valence-electron chi connectivity index (χ4n) is 1.63. The molecule has 0 aliphatic rings. The molecule has 1 rings (SSSR count). The molecule has 0 aliphatic carbocycles. The van der Waals surface area contributed by atoms with Crippen molar-refractivity contribution in [2.24, 2.45) is 10.4 Å². The van der Waals surface area contributed by atoms with E-state index in [1.807, 2.05) is 0 Å². The van der Waals surface area contributed by atoms with Gasteiger partial charge in [-0.1, -0.05) is 20.8 Å². The summed E-state index contributed by atoms with van der Waals surface area (Å²) in [5, 5.41) is 11.6. The number of benzene rings is 1. The van der Waals surface area contributed by atoms with Gasteiger partial charge in [-0.15, -0.1) is 0 Å². The van der Waals surface area contributed by atoms with Crippen LogP contribution >= 0.6 is 0 Å². The van der Waals surface area contributed by atoms with Crippen molar-refractivity contribution < 1.29 is 19.4 Å². The molecule has 0 aliphatic heterocycles. The van der Waals surface area contributed by atoms with Crippen molar-refractivity contribution in [1.29, 1.82) is 0 Å². The fourth-order valence-corrected chi connectivity index (χ4v) is 1.63. The van der Waals surface area contributed by atoms with Gasteiger partial charge in [-0.2, -0.15) is 0 Å². The Balaban J connectivity index is 2.63. The van der Waals surface area contributed by atoms with E-state index < -0.39 is 5.97 Å². The Hall–Kier alpha value is -2.37. The first-order chi connectivity index (χ1) is 10.2. The minimum Gasteiger partial charge on any atom is -0.496 e. The summed E-state index contributed by atoms with van der Waals surface area (Å²) in [7, 11) is 1.38. The summed E-state index contributed by atoms with van der Waals surface area (Å²) in [6, 6.07) is 4.38. The van der Waals surface area contributed by atoms with E-state index >= 15 is 0 Å². The number of aliphatic imine (C=N–C) groups is 1. The molecular weight excluding hydrogens is 284 g/mol. The van der Waals surface area contributed by atoms with Crippen molar-refractivity contribution in [3.63, 3.8) is 0 Å². The number of nitrogens with one attached hydrogen (secondary N) is 1.